The number of likely N-dealkylation sites (tertiary alicyclic amines) is 1. The van der Waals surface area contributed by atoms with E-state index in [-0.39, 0.29) is 17.4 Å². The van der Waals surface area contributed by atoms with Crippen LogP contribution in [0, 0.1) is 5.92 Å². The zero-order valence-electron chi connectivity index (χ0n) is 10.6. The molecule has 1 unspecified atom stereocenters. The van der Waals surface area contributed by atoms with Crippen LogP contribution < -0.4 is 0 Å². The normalized spacial score (nSPS) is 24.9. The van der Waals surface area contributed by atoms with Crippen LogP contribution in [0.25, 0.3) is 0 Å². The molecule has 3 nitrogen and oxygen atoms in total. The van der Waals surface area contributed by atoms with Crippen molar-refractivity contribution in [2.24, 2.45) is 5.92 Å². The minimum absolute atomic E-state index is 0.0979. The quantitative estimate of drug-likeness (QED) is 0.707. The maximum atomic E-state index is 13.8. The van der Waals surface area contributed by atoms with Crippen LogP contribution >= 0.6 is 0 Å². The lowest BCUT2D eigenvalue weighted by molar-refractivity contribution is -0.129. The van der Waals surface area contributed by atoms with Gasteiger partial charge in [0.05, 0.1) is 5.57 Å². The number of carbonyl (C=O) groups is 2. The molecule has 1 heterocycles. The Kier molecular flexibility index (Phi) is 3.94. The molecule has 0 aromatic heterocycles. The summed E-state index contributed by atoms with van der Waals surface area (Å²) in [7, 11) is 0. The first-order chi connectivity index (χ1) is 8.63. The molecule has 0 N–H and O–H groups in total. The summed E-state index contributed by atoms with van der Waals surface area (Å²) in [5, 5.41) is 0. The number of hydrogen-bond acceptors (Lipinski definition) is 2. The number of hydrogen-bond donors (Lipinski definition) is 0. The van der Waals surface area contributed by atoms with Crippen molar-refractivity contribution in [2.75, 3.05) is 13.1 Å². The summed E-state index contributed by atoms with van der Waals surface area (Å²) >= 11 is 0. The van der Waals surface area contributed by atoms with Gasteiger partial charge in [-0.25, -0.2) is 4.39 Å². The van der Waals surface area contributed by atoms with Gasteiger partial charge in [0.1, 0.15) is 12.1 Å². The molecule has 18 heavy (non-hydrogen) atoms. The standard InChI is InChI=1S/C14H18FNO2/c1-10-4-2-6-12(15)13(10)14(18)16-7-3-5-11(8-16)9-17/h6,9,11H,2-5,7-8H2,1H3. The van der Waals surface area contributed by atoms with Gasteiger partial charge in [-0.2, -0.15) is 0 Å². The molecule has 1 amide bonds. The van der Waals surface area contributed by atoms with Crippen molar-refractivity contribution in [2.45, 2.75) is 32.6 Å². The van der Waals surface area contributed by atoms with E-state index in [1.807, 2.05) is 0 Å². The smallest absolute Gasteiger partial charge is 0.256 e. The fourth-order valence-electron chi connectivity index (χ4n) is 2.59. The minimum Gasteiger partial charge on any atom is -0.338 e. The first kappa shape index (κ1) is 13.0. The molecule has 2 rings (SSSR count). The molecule has 1 aliphatic carbocycles. The van der Waals surface area contributed by atoms with E-state index in [1.165, 1.54) is 6.08 Å². The lowest BCUT2D eigenvalue weighted by Gasteiger charge is -2.31. The average Bonchev–Trinajstić information content (AvgIpc) is 2.38. The van der Waals surface area contributed by atoms with Crippen LogP contribution in [0.1, 0.15) is 32.6 Å². The summed E-state index contributed by atoms with van der Waals surface area (Å²) in [4.78, 5) is 24.7. The number of rotatable bonds is 2. The van der Waals surface area contributed by atoms with Gasteiger partial charge in [-0.15, -0.1) is 0 Å². The zero-order chi connectivity index (χ0) is 13.1. The molecule has 1 fully saturated rings. The first-order valence-corrected chi connectivity index (χ1v) is 6.44. The van der Waals surface area contributed by atoms with E-state index in [0.717, 1.165) is 31.1 Å². The molecule has 1 saturated heterocycles. The molecule has 4 heteroatoms. The molecule has 0 saturated carbocycles. The van der Waals surface area contributed by atoms with Crippen molar-refractivity contribution >= 4 is 12.2 Å². The van der Waals surface area contributed by atoms with Crippen LogP contribution in [-0.4, -0.2) is 30.2 Å². The van der Waals surface area contributed by atoms with Gasteiger partial charge in [-0.3, -0.25) is 4.79 Å². The number of allylic oxidation sites excluding steroid dienone is 2. The van der Waals surface area contributed by atoms with E-state index < -0.39 is 5.83 Å². The molecule has 1 atom stereocenters. The highest BCUT2D eigenvalue weighted by Gasteiger charge is 2.29. The van der Waals surface area contributed by atoms with E-state index in [0.29, 0.717) is 19.5 Å². The predicted molar refractivity (Wildman–Crippen MR) is 66.5 cm³/mol. The second-order valence-corrected chi connectivity index (χ2v) is 5.04. The number of carbonyl (C=O) groups excluding carboxylic acids is 2. The van der Waals surface area contributed by atoms with E-state index in [4.69, 9.17) is 0 Å². The number of nitrogens with zero attached hydrogens (tertiary/aromatic N) is 1. The Labute approximate surface area is 106 Å². The van der Waals surface area contributed by atoms with Gasteiger partial charge < -0.3 is 9.69 Å². The summed E-state index contributed by atoms with van der Waals surface area (Å²) < 4.78 is 13.8. The third kappa shape index (κ3) is 2.52. The summed E-state index contributed by atoms with van der Waals surface area (Å²) in [5.41, 5.74) is 1.03. The van der Waals surface area contributed by atoms with Gasteiger partial charge in [0, 0.05) is 19.0 Å². The fourth-order valence-corrected chi connectivity index (χ4v) is 2.59. The van der Waals surface area contributed by atoms with Gasteiger partial charge in [0.2, 0.25) is 0 Å². The van der Waals surface area contributed by atoms with E-state index in [9.17, 15) is 14.0 Å². The van der Waals surface area contributed by atoms with E-state index in [1.54, 1.807) is 11.8 Å². The fraction of sp³-hybridized carbons (Fsp3) is 0.571. The van der Waals surface area contributed by atoms with Crippen molar-refractivity contribution < 1.29 is 14.0 Å². The van der Waals surface area contributed by atoms with Gasteiger partial charge >= 0.3 is 0 Å². The van der Waals surface area contributed by atoms with Gasteiger partial charge in [-0.05, 0) is 38.7 Å². The maximum Gasteiger partial charge on any atom is 0.256 e. The second-order valence-electron chi connectivity index (χ2n) is 5.04. The van der Waals surface area contributed by atoms with Crippen LogP contribution in [0.15, 0.2) is 23.0 Å². The Morgan fingerprint density at radius 1 is 1.56 bits per heavy atom. The van der Waals surface area contributed by atoms with Crippen molar-refractivity contribution in [3.8, 4) is 0 Å². The van der Waals surface area contributed by atoms with Crippen molar-refractivity contribution in [3.05, 3.63) is 23.0 Å². The highest BCUT2D eigenvalue weighted by molar-refractivity contribution is 5.98. The number of piperidine rings is 1. The van der Waals surface area contributed by atoms with Crippen molar-refractivity contribution in [1.29, 1.82) is 0 Å². The molecule has 1 aliphatic heterocycles. The predicted octanol–water partition coefficient (Wildman–Crippen LogP) is 2.39. The summed E-state index contributed by atoms with van der Waals surface area (Å²) in [6, 6.07) is 0. The largest absolute Gasteiger partial charge is 0.338 e. The highest BCUT2D eigenvalue weighted by Crippen LogP contribution is 2.28. The average molecular weight is 251 g/mol. The van der Waals surface area contributed by atoms with E-state index >= 15 is 0 Å². The van der Waals surface area contributed by atoms with Crippen LogP contribution in [0.5, 0.6) is 0 Å². The number of halogens is 1. The van der Waals surface area contributed by atoms with Crippen molar-refractivity contribution in [3.63, 3.8) is 0 Å². The Balaban J connectivity index is 2.16. The van der Waals surface area contributed by atoms with Gasteiger partial charge in [-0.1, -0.05) is 5.57 Å². The van der Waals surface area contributed by atoms with Crippen molar-refractivity contribution in [1.82, 2.24) is 4.90 Å². The molecule has 0 aromatic carbocycles. The Morgan fingerprint density at radius 3 is 3.00 bits per heavy atom. The van der Waals surface area contributed by atoms with Crippen LogP contribution in [0.3, 0.4) is 0 Å². The number of aldehydes is 1. The second kappa shape index (κ2) is 5.46. The molecule has 0 spiro atoms. The van der Waals surface area contributed by atoms with E-state index in [2.05, 4.69) is 0 Å². The zero-order valence-corrected chi connectivity index (χ0v) is 10.6. The lowest BCUT2D eigenvalue weighted by atomic mass is 9.94. The maximum absolute atomic E-state index is 13.8. The van der Waals surface area contributed by atoms with Gasteiger partial charge in [0.15, 0.2) is 0 Å². The molecule has 98 valence electrons. The van der Waals surface area contributed by atoms with Crippen LogP contribution in [0.4, 0.5) is 4.39 Å². The Bertz CT molecular complexity index is 426. The summed E-state index contributed by atoms with van der Waals surface area (Å²) in [6.07, 6.45) is 5.40. The Hall–Kier alpha value is -1.45. The number of amides is 1. The highest BCUT2D eigenvalue weighted by atomic mass is 19.1. The summed E-state index contributed by atoms with van der Waals surface area (Å²) in [5.74, 6) is -0.760. The molecule has 0 aromatic rings. The minimum atomic E-state index is -0.406. The molecular weight excluding hydrogens is 233 g/mol. The van der Waals surface area contributed by atoms with Gasteiger partial charge in [0.25, 0.3) is 5.91 Å². The molecule has 0 bridgehead atoms. The lowest BCUT2D eigenvalue weighted by Crippen LogP contribution is -2.41. The molecule has 2 aliphatic rings. The third-order valence-corrected chi connectivity index (χ3v) is 3.66. The molecule has 0 radical (unpaired) electrons. The topological polar surface area (TPSA) is 37.4 Å². The first-order valence-electron chi connectivity index (χ1n) is 6.44. The molecular formula is C14H18FNO2. The van der Waals surface area contributed by atoms with Crippen LogP contribution in [0.2, 0.25) is 0 Å². The SMILES string of the molecule is CC1=C(C(=O)N2CCCC(C=O)C2)C(F)=CCC1. The monoisotopic (exact) mass is 251 g/mol. The Morgan fingerprint density at radius 2 is 2.33 bits per heavy atom. The third-order valence-electron chi connectivity index (χ3n) is 3.66. The summed E-state index contributed by atoms with van der Waals surface area (Å²) in [6.45, 7) is 2.85. The van der Waals surface area contributed by atoms with Crippen LogP contribution in [-0.2, 0) is 9.59 Å².